The SMILES string of the molecule is O=C(Nc1nc2scc(-c3ccc(F)cc3)n2n1)NC1CCCCC1. The summed E-state index contributed by atoms with van der Waals surface area (Å²) in [7, 11) is 0. The average molecular weight is 359 g/mol. The third-order valence-corrected chi connectivity index (χ3v) is 5.20. The van der Waals surface area contributed by atoms with Gasteiger partial charge in [-0.05, 0) is 37.1 Å². The van der Waals surface area contributed by atoms with Crippen LogP contribution in [0.15, 0.2) is 29.6 Å². The molecule has 2 N–H and O–H groups in total. The zero-order valence-electron chi connectivity index (χ0n) is 13.5. The smallest absolute Gasteiger partial charge is 0.321 e. The number of nitrogens with zero attached hydrogens (tertiary/aromatic N) is 3. The molecule has 0 bridgehead atoms. The number of rotatable bonds is 3. The molecule has 130 valence electrons. The first-order valence-electron chi connectivity index (χ1n) is 8.37. The number of hydrogen-bond donors (Lipinski definition) is 2. The summed E-state index contributed by atoms with van der Waals surface area (Å²) in [5.74, 6) is -0.0147. The molecule has 1 aliphatic carbocycles. The molecule has 2 amide bonds. The maximum Gasteiger partial charge on any atom is 0.321 e. The van der Waals surface area contributed by atoms with E-state index in [4.69, 9.17) is 0 Å². The zero-order chi connectivity index (χ0) is 17.2. The Bertz CT molecular complexity index is 882. The van der Waals surface area contributed by atoms with Crippen LogP contribution in [0.5, 0.6) is 0 Å². The Labute approximate surface area is 148 Å². The van der Waals surface area contributed by atoms with Gasteiger partial charge in [0.15, 0.2) is 0 Å². The fourth-order valence-corrected chi connectivity index (χ4v) is 3.95. The second-order valence-electron chi connectivity index (χ2n) is 6.19. The number of halogens is 1. The van der Waals surface area contributed by atoms with Crippen molar-refractivity contribution in [3.05, 3.63) is 35.5 Å². The van der Waals surface area contributed by atoms with Gasteiger partial charge in [-0.2, -0.15) is 4.98 Å². The topological polar surface area (TPSA) is 71.3 Å². The number of carbonyl (C=O) groups is 1. The van der Waals surface area contributed by atoms with Gasteiger partial charge in [-0.15, -0.1) is 16.4 Å². The van der Waals surface area contributed by atoms with E-state index in [9.17, 15) is 9.18 Å². The second-order valence-corrected chi connectivity index (χ2v) is 7.03. The molecular formula is C17H18FN5OS. The van der Waals surface area contributed by atoms with Crippen LogP contribution >= 0.6 is 11.3 Å². The number of thiazole rings is 1. The molecule has 4 rings (SSSR count). The van der Waals surface area contributed by atoms with Crippen molar-refractivity contribution in [1.29, 1.82) is 0 Å². The van der Waals surface area contributed by atoms with Gasteiger partial charge in [0.05, 0.1) is 5.69 Å². The van der Waals surface area contributed by atoms with E-state index in [0.717, 1.165) is 36.9 Å². The Morgan fingerprint density at radius 2 is 1.96 bits per heavy atom. The van der Waals surface area contributed by atoms with Gasteiger partial charge >= 0.3 is 6.03 Å². The molecule has 2 heterocycles. The normalized spacial score (nSPS) is 15.4. The number of benzene rings is 1. The Morgan fingerprint density at radius 3 is 2.72 bits per heavy atom. The predicted molar refractivity (Wildman–Crippen MR) is 95.3 cm³/mol. The van der Waals surface area contributed by atoms with Gasteiger partial charge in [0.2, 0.25) is 4.96 Å². The highest BCUT2D eigenvalue weighted by atomic mass is 32.1. The number of carbonyl (C=O) groups excluding carboxylic acids is 1. The van der Waals surface area contributed by atoms with Gasteiger partial charge in [0, 0.05) is 17.0 Å². The Morgan fingerprint density at radius 1 is 1.20 bits per heavy atom. The number of fused-ring (bicyclic) bond motifs is 1. The first-order valence-corrected chi connectivity index (χ1v) is 9.25. The van der Waals surface area contributed by atoms with Crippen molar-refractivity contribution in [2.24, 2.45) is 0 Å². The van der Waals surface area contributed by atoms with Gasteiger partial charge in [-0.25, -0.2) is 13.7 Å². The molecule has 0 atom stereocenters. The van der Waals surface area contributed by atoms with Crippen LogP contribution in [0.3, 0.4) is 0 Å². The molecule has 25 heavy (non-hydrogen) atoms. The molecule has 1 aromatic carbocycles. The maximum absolute atomic E-state index is 13.1. The van der Waals surface area contributed by atoms with Gasteiger partial charge in [-0.1, -0.05) is 19.3 Å². The standard InChI is InChI=1S/C17H18FN5OS/c18-12-8-6-11(7-9-12)14-10-25-17-21-15(22-23(14)17)20-16(24)19-13-4-2-1-3-5-13/h6-10,13H,1-5H2,(H2,19,20,22,24). The highest BCUT2D eigenvalue weighted by Crippen LogP contribution is 2.26. The summed E-state index contributed by atoms with van der Waals surface area (Å²) >= 11 is 1.42. The predicted octanol–water partition coefficient (Wildman–Crippen LogP) is 4.05. The molecule has 6 nitrogen and oxygen atoms in total. The minimum atomic E-state index is -0.282. The van der Waals surface area contributed by atoms with E-state index in [2.05, 4.69) is 20.7 Å². The minimum Gasteiger partial charge on any atom is -0.335 e. The highest BCUT2D eigenvalue weighted by molar-refractivity contribution is 7.15. The first kappa shape index (κ1) is 16.0. The first-order chi connectivity index (χ1) is 12.2. The summed E-state index contributed by atoms with van der Waals surface area (Å²) in [6.07, 6.45) is 5.60. The zero-order valence-corrected chi connectivity index (χ0v) is 14.4. The van der Waals surface area contributed by atoms with Crippen LogP contribution in [0.25, 0.3) is 16.2 Å². The number of urea groups is 1. The van der Waals surface area contributed by atoms with Crippen molar-refractivity contribution in [3.63, 3.8) is 0 Å². The minimum absolute atomic E-state index is 0.229. The van der Waals surface area contributed by atoms with Gasteiger partial charge < -0.3 is 5.32 Å². The lowest BCUT2D eigenvalue weighted by Crippen LogP contribution is -2.39. The summed E-state index contributed by atoms with van der Waals surface area (Å²) < 4.78 is 14.8. The molecule has 1 aliphatic rings. The summed E-state index contributed by atoms with van der Waals surface area (Å²) in [6.45, 7) is 0. The lowest BCUT2D eigenvalue weighted by atomic mass is 9.96. The van der Waals surface area contributed by atoms with Gasteiger partial charge in [0.1, 0.15) is 5.82 Å². The monoisotopic (exact) mass is 359 g/mol. The Balaban J connectivity index is 1.49. The lowest BCUT2D eigenvalue weighted by Gasteiger charge is -2.22. The van der Waals surface area contributed by atoms with Crippen LogP contribution in [-0.2, 0) is 0 Å². The molecule has 1 saturated carbocycles. The van der Waals surface area contributed by atoms with Gasteiger partial charge in [-0.3, -0.25) is 5.32 Å². The van der Waals surface area contributed by atoms with E-state index in [1.807, 2.05) is 5.38 Å². The summed E-state index contributed by atoms with van der Waals surface area (Å²) in [4.78, 5) is 17.1. The lowest BCUT2D eigenvalue weighted by molar-refractivity contribution is 0.244. The molecule has 0 spiro atoms. The molecular weight excluding hydrogens is 341 g/mol. The van der Waals surface area contributed by atoms with Crippen LogP contribution in [0.2, 0.25) is 0 Å². The van der Waals surface area contributed by atoms with E-state index in [1.54, 1.807) is 16.6 Å². The Hall–Kier alpha value is -2.48. The summed E-state index contributed by atoms with van der Waals surface area (Å²) in [5, 5.41) is 12.0. The van der Waals surface area contributed by atoms with E-state index >= 15 is 0 Å². The van der Waals surface area contributed by atoms with Crippen LogP contribution in [0.1, 0.15) is 32.1 Å². The fraction of sp³-hybridized carbons (Fsp3) is 0.353. The largest absolute Gasteiger partial charge is 0.335 e. The van der Waals surface area contributed by atoms with Crippen molar-refractivity contribution in [1.82, 2.24) is 19.9 Å². The number of hydrogen-bond acceptors (Lipinski definition) is 4. The number of amides is 2. The van der Waals surface area contributed by atoms with Crippen molar-refractivity contribution in [3.8, 4) is 11.3 Å². The van der Waals surface area contributed by atoms with Crippen molar-refractivity contribution < 1.29 is 9.18 Å². The van der Waals surface area contributed by atoms with Crippen molar-refractivity contribution in [2.45, 2.75) is 38.1 Å². The van der Waals surface area contributed by atoms with E-state index in [0.29, 0.717) is 4.96 Å². The third kappa shape index (κ3) is 3.48. The maximum atomic E-state index is 13.1. The number of anilines is 1. The van der Waals surface area contributed by atoms with Crippen LogP contribution in [0.4, 0.5) is 15.1 Å². The average Bonchev–Trinajstić information content (AvgIpc) is 3.16. The summed E-state index contributed by atoms with van der Waals surface area (Å²) in [5.41, 5.74) is 1.66. The molecule has 1 fully saturated rings. The third-order valence-electron chi connectivity index (χ3n) is 4.39. The van der Waals surface area contributed by atoms with Crippen LogP contribution in [0, 0.1) is 5.82 Å². The Kier molecular flexibility index (Phi) is 4.35. The molecule has 3 aromatic rings. The molecule has 2 aromatic heterocycles. The molecule has 0 radical (unpaired) electrons. The molecule has 0 saturated heterocycles. The van der Waals surface area contributed by atoms with Crippen molar-refractivity contribution in [2.75, 3.05) is 5.32 Å². The fourth-order valence-electron chi connectivity index (χ4n) is 3.12. The van der Waals surface area contributed by atoms with Crippen LogP contribution in [-0.4, -0.2) is 26.7 Å². The van der Waals surface area contributed by atoms with Crippen LogP contribution < -0.4 is 10.6 Å². The van der Waals surface area contributed by atoms with E-state index in [1.165, 1.54) is 29.9 Å². The van der Waals surface area contributed by atoms with Gasteiger partial charge in [0.25, 0.3) is 5.95 Å². The number of aromatic nitrogens is 3. The quantitative estimate of drug-likeness (QED) is 0.741. The van der Waals surface area contributed by atoms with E-state index < -0.39 is 0 Å². The summed E-state index contributed by atoms with van der Waals surface area (Å²) in [6, 6.07) is 6.17. The van der Waals surface area contributed by atoms with E-state index in [-0.39, 0.29) is 23.8 Å². The molecule has 0 aliphatic heterocycles. The molecule has 0 unspecified atom stereocenters. The second kappa shape index (κ2) is 6.79. The molecule has 8 heteroatoms. The highest BCUT2D eigenvalue weighted by Gasteiger charge is 2.17. The number of nitrogens with one attached hydrogen (secondary N) is 2. The van der Waals surface area contributed by atoms with Crippen molar-refractivity contribution >= 4 is 28.3 Å².